The van der Waals surface area contributed by atoms with Crippen molar-refractivity contribution in [1.82, 2.24) is 25.1 Å². The number of amides is 1. The molecule has 3 N–H and O–H groups in total. The van der Waals surface area contributed by atoms with Crippen LogP contribution in [-0.2, 0) is 17.9 Å². The van der Waals surface area contributed by atoms with E-state index in [1.807, 2.05) is 13.8 Å². The highest BCUT2D eigenvalue weighted by Gasteiger charge is 2.13. The standard InChI is InChI=1S/C20H22F3N7O/c1-11(2)27-18(31)10-30-9-14(7-26-30)28-20-25-6-12(3)19(29-20)24-8-15-16(22)4-13(21)5-17(15)23/h4-7,9,11H,8,10H2,1-3H3,(H,27,31)(H2,24,25,28,29). The average molecular weight is 433 g/mol. The van der Waals surface area contributed by atoms with Crippen molar-refractivity contribution in [3.8, 4) is 0 Å². The summed E-state index contributed by atoms with van der Waals surface area (Å²) in [6.07, 6.45) is 4.68. The molecule has 0 unspecified atom stereocenters. The fourth-order valence-electron chi connectivity index (χ4n) is 2.75. The van der Waals surface area contributed by atoms with Gasteiger partial charge in [0.25, 0.3) is 0 Å². The van der Waals surface area contributed by atoms with E-state index in [-0.39, 0.29) is 36.6 Å². The largest absolute Gasteiger partial charge is 0.365 e. The number of hydrogen-bond donors (Lipinski definition) is 3. The van der Waals surface area contributed by atoms with Gasteiger partial charge in [-0.25, -0.2) is 18.2 Å². The van der Waals surface area contributed by atoms with Crippen LogP contribution in [0.15, 0.2) is 30.7 Å². The van der Waals surface area contributed by atoms with Crippen molar-refractivity contribution in [3.05, 3.63) is 59.3 Å². The first-order valence-corrected chi connectivity index (χ1v) is 9.51. The summed E-state index contributed by atoms with van der Waals surface area (Å²) in [7, 11) is 0. The molecule has 0 spiro atoms. The lowest BCUT2D eigenvalue weighted by Crippen LogP contribution is -2.33. The van der Waals surface area contributed by atoms with Crippen LogP contribution in [0.1, 0.15) is 25.0 Å². The molecule has 8 nitrogen and oxygen atoms in total. The van der Waals surface area contributed by atoms with Gasteiger partial charge >= 0.3 is 0 Å². The second kappa shape index (κ2) is 9.45. The highest BCUT2D eigenvalue weighted by Crippen LogP contribution is 2.20. The summed E-state index contributed by atoms with van der Waals surface area (Å²) in [4.78, 5) is 20.3. The number of benzene rings is 1. The van der Waals surface area contributed by atoms with Gasteiger partial charge in [0.15, 0.2) is 0 Å². The number of anilines is 3. The van der Waals surface area contributed by atoms with Crippen molar-refractivity contribution in [3.63, 3.8) is 0 Å². The SMILES string of the molecule is Cc1cnc(Nc2cnn(CC(=O)NC(C)C)c2)nc1NCc1c(F)cc(F)cc1F. The van der Waals surface area contributed by atoms with Crippen molar-refractivity contribution in [1.29, 1.82) is 0 Å². The van der Waals surface area contributed by atoms with Gasteiger partial charge in [0.05, 0.1) is 11.9 Å². The van der Waals surface area contributed by atoms with Crippen LogP contribution >= 0.6 is 0 Å². The number of halogens is 3. The summed E-state index contributed by atoms with van der Waals surface area (Å²) in [6.45, 7) is 5.31. The third-order valence-electron chi connectivity index (χ3n) is 4.15. The van der Waals surface area contributed by atoms with Crippen LogP contribution in [0.5, 0.6) is 0 Å². The Morgan fingerprint density at radius 1 is 1.16 bits per heavy atom. The molecule has 0 radical (unpaired) electrons. The van der Waals surface area contributed by atoms with E-state index in [0.29, 0.717) is 29.2 Å². The summed E-state index contributed by atoms with van der Waals surface area (Å²) in [5.74, 6) is -2.54. The molecule has 2 aromatic heterocycles. The van der Waals surface area contributed by atoms with Crippen molar-refractivity contribution in [2.24, 2.45) is 0 Å². The number of carbonyl (C=O) groups is 1. The van der Waals surface area contributed by atoms with Crippen molar-refractivity contribution >= 4 is 23.4 Å². The van der Waals surface area contributed by atoms with E-state index in [0.717, 1.165) is 0 Å². The predicted molar refractivity (Wildman–Crippen MR) is 109 cm³/mol. The number of aromatic nitrogens is 4. The number of nitrogens with one attached hydrogen (secondary N) is 3. The van der Waals surface area contributed by atoms with Gasteiger partial charge in [0, 0.05) is 48.2 Å². The summed E-state index contributed by atoms with van der Waals surface area (Å²) < 4.78 is 42.2. The van der Waals surface area contributed by atoms with Crippen molar-refractivity contribution in [2.45, 2.75) is 39.9 Å². The molecule has 31 heavy (non-hydrogen) atoms. The lowest BCUT2D eigenvalue weighted by Gasteiger charge is -2.11. The number of aryl methyl sites for hydroxylation is 1. The zero-order valence-corrected chi connectivity index (χ0v) is 17.2. The van der Waals surface area contributed by atoms with Crippen LogP contribution in [0.3, 0.4) is 0 Å². The summed E-state index contributed by atoms with van der Waals surface area (Å²) >= 11 is 0. The first kappa shape index (κ1) is 22.1. The molecule has 1 amide bonds. The molecule has 11 heteroatoms. The molecule has 0 saturated heterocycles. The highest BCUT2D eigenvalue weighted by atomic mass is 19.1. The number of rotatable bonds is 8. The summed E-state index contributed by atoms with van der Waals surface area (Å²) in [5.41, 5.74) is 0.909. The topological polar surface area (TPSA) is 96.8 Å². The third kappa shape index (κ3) is 5.93. The Labute approximate surface area is 176 Å². The van der Waals surface area contributed by atoms with Gasteiger partial charge in [-0.3, -0.25) is 9.48 Å². The zero-order chi connectivity index (χ0) is 22.5. The number of hydrogen-bond acceptors (Lipinski definition) is 6. The fourth-order valence-corrected chi connectivity index (χ4v) is 2.75. The van der Waals surface area contributed by atoms with E-state index in [2.05, 4.69) is 31.0 Å². The Bertz CT molecular complexity index is 1060. The second-order valence-corrected chi connectivity index (χ2v) is 7.20. The average Bonchev–Trinajstić information content (AvgIpc) is 3.09. The zero-order valence-electron chi connectivity index (χ0n) is 17.2. The monoisotopic (exact) mass is 433 g/mol. The minimum atomic E-state index is -0.982. The van der Waals surface area contributed by atoms with E-state index in [4.69, 9.17) is 0 Å². The lowest BCUT2D eigenvalue weighted by atomic mass is 10.2. The van der Waals surface area contributed by atoms with Crippen LogP contribution in [-0.4, -0.2) is 31.7 Å². The van der Waals surface area contributed by atoms with Crippen molar-refractivity contribution in [2.75, 3.05) is 10.6 Å². The van der Waals surface area contributed by atoms with Gasteiger partial charge in [-0.05, 0) is 20.8 Å². The molecular formula is C20H22F3N7O. The van der Waals surface area contributed by atoms with Gasteiger partial charge in [-0.2, -0.15) is 10.1 Å². The third-order valence-corrected chi connectivity index (χ3v) is 4.15. The van der Waals surface area contributed by atoms with Gasteiger partial charge in [0.2, 0.25) is 11.9 Å². The molecule has 0 atom stereocenters. The normalized spacial score (nSPS) is 10.9. The minimum absolute atomic E-state index is 0.0318. The molecule has 2 heterocycles. The lowest BCUT2D eigenvalue weighted by molar-refractivity contribution is -0.122. The van der Waals surface area contributed by atoms with Gasteiger partial charge in [0.1, 0.15) is 29.8 Å². The van der Waals surface area contributed by atoms with Gasteiger partial charge < -0.3 is 16.0 Å². The number of carbonyl (C=O) groups excluding carboxylic acids is 1. The summed E-state index contributed by atoms with van der Waals surface area (Å²) in [5, 5.41) is 12.7. The highest BCUT2D eigenvalue weighted by molar-refractivity contribution is 5.76. The molecule has 1 aromatic carbocycles. The van der Waals surface area contributed by atoms with Crippen LogP contribution in [0, 0.1) is 24.4 Å². The van der Waals surface area contributed by atoms with Gasteiger partial charge in [-0.1, -0.05) is 0 Å². The van der Waals surface area contributed by atoms with Crippen LogP contribution in [0.4, 0.5) is 30.6 Å². The Kier molecular flexibility index (Phi) is 6.73. The van der Waals surface area contributed by atoms with Crippen LogP contribution in [0.2, 0.25) is 0 Å². The molecule has 3 rings (SSSR count). The molecule has 3 aromatic rings. The molecule has 0 saturated carbocycles. The van der Waals surface area contributed by atoms with E-state index < -0.39 is 17.5 Å². The predicted octanol–water partition coefficient (Wildman–Crippen LogP) is 3.28. The molecule has 0 fully saturated rings. The molecule has 0 aliphatic heterocycles. The molecule has 164 valence electrons. The fraction of sp³-hybridized carbons (Fsp3) is 0.300. The molecule has 0 aliphatic rings. The summed E-state index contributed by atoms with van der Waals surface area (Å²) in [6, 6.07) is 1.28. The van der Waals surface area contributed by atoms with Crippen molar-refractivity contribution < 1.29 is 18.0 Å². The quantitative estimate of drug-likeness (QED) is 0.505. The maximum atomic E-state index is 13.8. The van der Waals surface area contributed by atoms with E-state index >= 15 is 0 Å². The van der Waals surface area contributed by atoms with Crippen LogP contribution in [0.25, 0.3) is 0 Å². The molecule has 0 aliphatic carbocycles. The first-order chi connectivity index (χ1) is 14.7. The van der Waals surface area contributed by atoms with E-state index in [1.165, 1.54) is 17.1 Å². The van der Waals surface area contributed by atoms with E-state index in [1.54, 1.807) is 13.1 Å². The second-order valence-electron chi connectivity index (χ2n) is 7.20. The Morgan fingerprint density at radius 2 is 1.87 bits per heavy atom. The Balaban J connectivity index is 1.67. The first-order valence-electron chi connectivity index (χ1n) is 9.51. The Hall–Kier alpha value is -3.63. The maximum Gasteiger partial charge on any atom is 0.241 e. The van der Waals surface area contributed by atoms with Gasteiger partial charge in [-0.15, -0.1) is 0 Å². The maximum absolute atomic E-state index is 13.8. The molecule has 0 bridgehead atoms. The molecular weight excluding hydrogens is 411 g/mol. The Morgan fingerprint density at radius 3 is 2.55 bits per heavy atom. The number of nitrogens with zero attached hydrogens (tertiary/aromatic N) is 4. The van der Waals surface area contributed by atoms with Crippen LogP contribution < -0.4 is 16.0 Å². The minimum Gasteiger partial charge on any atom is -0.365 e. The van der Waals surface area contributed by atoms with E-state index in [9.17, 15) is 18.0 Å². The smallest absolute Gasteiger partial charge is 0.241 e.